The Hall–Kier alpha value is -1.51. The molecule has 3 nitrogen and oxygen atoms in total. The highest BCUT2D eigenvalue weighted by atomic mass is 16.1. The number of hydrogen-bond donors (Lipinski definition) is 1. The Kier molecular flexibility index (Phi) is 3.67. The van der Waals surface area contributed by atoms with E-state index in [1.54, 1.807) is 6.92 Å². The van der Waals surface area contributed by atoms with E-state index in [-0.39, 0.29) is 5.91 Å². The fourth-order valence-corrected chi connectivity index (χ4v) is 2.44. The largest absolute Gasteiger partial charge is 0.369 e. The normalized spacial score (nSPS) is 20.1. The predicted octanol–water partition coefficient (Wildman–Crippen LogP) is 2.10. The summed E-state index contributed by atoms with van der Waals surface area (Å²) in [6.07, 6.45) is 2.22. The molecule has 0 bridgehead atoms. The highest BCUT2D eigenvalue weighted by molar-refractivity contribution is 5.73. The number of nitrogens with zero attached hydrogens (tertiary/aromatic N) is 1. The van der Waals surface area contributed by atoms with Gasteiger partial charge in [-0.1, -0.05) is 12.1 Å². The molecule has 1 unspecified atom stereocenters. The van der Waals surface area contributed by atoms with Crippen molar-refractivity contribution in [1.82, 2.24) is 5.32 Å². The summed E-state index contributed by atoms with van der Waals surface area (Å²) in [4.78, 5) is 13.4. The van der Waals surface area contributed by atoms with Gasteiger partial charge in [0, 0.05) is 31.7 Å². The number of benzene rings is 1. The number of piperidine rings is 1. The molecule has 1 atom stereocenters. The Balaban J connectivity index is 2.04. The quantitative estimate of drug-likeness (QED) is 0.847. The first-order chi connectivity index (χ1) is 8.15. The zero-order valence-corrected chi connectivity index (χ0v) is 10.6. The van der Waals surface area contributed by atoms with Crippen LogP contribution in [0.3, 0.4) is 0 Å². The van der Waals surface area contributed by atoms with Gasteiger partial charge in [-0.15, -0.1) is 0 Å². The lowest BCUT2D eigenvalue weighted by Crippen LogP contribution is -2.47. The lowest BCUT2D eigenvalue weighted by Gasteiger charge is -2.34. The molecule has 1 aliphatic rings. The smallest absolute Gasteiger partial charge is 0.217 e. The van der Waals surface area contributed by atoms with Gasteiger partial charge in [-0.05, 0) is 37.5 Å². The van der Waals surface area contributed by atoms with Gasteiger partial charge >= 0.3 is 0 Å². The van der Waals surface area contributed by atoms with Crippen molar-refractivity contribution in [3.05, 3.63) is 29.8 Å². The van der Waals surface area contributed by atoms with Crippen molar-refractivity contribution in [2.45, 2.75) is 32.7 Å². The molecule has 0 aromatic heterocycles. The van der Waals surface area contributed by atoms with E-state index in [1.165, 1.54) is 11.3 Å². The Morgan fingerprint density at radius 1 is 1.47 bits per heavy atom. The summed E-state index contributed by atoms with van der Waals surface area (Å²) in [5.41, 5.74) is 2.55. The monoisotopic (exact) mass is 232 g/mol. The van der Waals surface area contributed by atoms with Crippen molar-refractivity contribution in [1.29, 1.82) is 0 Å². The minimum absolute atomic E-state index is 0.0705. The first kappa shape index (κ1) is 12.0. The van der Waals surface area contributed by atoms with E-state index in [4.69, 9.17) is 0 Å². The number of carbonyl (C=O) groups excluding carboxylic acids is 1. The van der Waals surface area contributed by atoms with E-state index in [0.717, 1.165) is 25.9 Å². The number of anilines is 1. The van der Waals surface area contributed by atoms with Crippen LogP contribution in [0.25, 0.3) is 0 Å². The topological polar surface area (TPSA) is 32.3 Å². The fraction of sp³-hybridized carbons (Fsp3) is 0.500. The van der Waals surface area contributed by atoms with Crippen LogP contribution in [-0.4, -0.2) is 25.0 Å². The van der Waals surface area contributed by atoms with Gasteiger partial charge < -0.3 is 10.2 Å². The molecular formula is C14H20N2O. The summed E-state index contributed by atoms with van der Waals surface area (Å²) < 4.78 is 0. The Bertz CT molecular complexity index is 403. The van der Waals surface area contributed by atoms with E-state index in [2.05, 4.69) is 41.4 Å². The third-order valence-electron chi connectivity index (χ3n) is 3.20. The molecule has 1 amide bonds. The average molecular weight is 232 g/mol. The molecule has 1 N–H and O–H groups in total. The Morgan fingerprint density at radius 3 is 3.00 bits per heavy atom. The third kappa shape index (κ3) is 3.22. The SMILES string of the molecule is CC(=O)NC1CCCN(c2cccc(C)c2)C1. The Labute approximate surface area is 103 Å². The van der Waals surface area contributed by atoms with Crippen molar-refractivity contribution >= 4 is 11.6 Å². The van der Waals surface area contributed by atoms with E-state index in [9.17, 15) is 4.79 Å². The third-order valence-corrected chi connectivity index (χ3v) is 3.20. The average Bonchev–Trinajstić information content (AvgIpc) is 2.28. The van der Waals surface area contributed by atoms with Gasteiger partial charge in [0.15, 0.2) is 0 Å². The molecule has 92 valence electrons. The van der Waals surface area contributed by atoms with Gasteiger partial charge in [-0.2, -0.15) is 0 Å². The maximum absolute atomic E-state index is 11.1. The maximum atomic E-state index is 11.1. The van der Waals surface area contributed by atoms with Crippen molar-refractivity contribution in [3.63, 3.8) is 0 Å². The van der Waals surface area contributed by atoms with Gasteiger partial charge in [-0.3, -0.25) is 4.79 Å². The molecule has 0 spiro atoms. The van der Waals surface area contributed by atoms with Crippen LogP contribution < -0.4 is 10.2 Å². The molecule has 0 radical (unpaired) electrons. The van der Waals surface area contributed by atoms with Crippen LogP contribution in [0, 0.1) is 6.92 Å². The second kappa shape index (κ2) is 5.21. The van der Waals surface area contributed by atoms with Crippen LogP contribution >= 0.6 is 0 Å². The molecular weight excluding hydrogens is 212 g/mol. The number of aryl methyl sites for hydroxylation is 1. The van der Waals surface area contributed by atoms with E-state index >= 15 is 0 Å². The molecule has 1 aliphatic heterocycles. The van der Waals surface area contributed by atoms with Gasteiger partial charge in [0.25, 0.3) is 0 Å². The first-order valence-electron chi connectivity index (χ1n) is 6.24. The number of carbonyl (C=O) groups is 1. The van der Waals surface area contributed by atoms with E-state index in [0.29, 0.717) is 6.04 Å². The number of amides is 1. The molecule has 17 heavy (non-hydrogen) atoms. The van der Waals surface area contributed by atoms with Crippen LogP contribution in [0.4, 0.5) is 5.69 Å². The van der Waals surface area contributed by atoms with Crippen LogP contribution in [-0.2, 0) is 4.79 Å². The summed E-state index contributed by atoms with van der Waals surface area (Å²) in [6.45, 7) is 5.70. The summed E-state index contributed by atoms with van der Waals surface area (Å²) >= 11 is 0. The van der Waals surface area contributed by atoms with E-state index < -0.39 is 0 Å². The van der Waals surface area contributed by atoms with Crippen LogP contribution in [0.2, 0.25) is 0 Å². The standard InChI is InChI=1S/C14H20N2O/c1-11-5-3-7-14(9-11)16-8-4-6-13(10-16)15-12(2)17/h3,5,7,9,13H,4,6,8,10H2,1-2H3,(H,15,17). The van der Waals surface area contributed by atoms with Gasteiger partial charge in [0.2, 0.25) is 5.91 Å². The lowest BCUT2D eigenvalue weighted by atomic mass is 10.0. The van der Waals surface area contributed by atoms with Crippen molar-refractivity contribution < 1.29 is 4.79 Å². The van der Waals surface area contributed by atoms with Crippen LogP contribution in [0.5, 0.6) is 0 Å². The molecule has 1 aromatic rings. The zero-order chi connectivity index (χ0) is 12.3. The van der Waals surface area contributed by atoms with Crippen molar-refractivity contribution in [3.8, 4) is 0 Å². The number of hydrogen-bond acceptors (Lipinski definition) is 2. The van der Waals surface area contributed by atoms with Crippen molar-refractivity contribution in [2.24, 2.45) is 0 Å². The lowest BCUT2D eigenvalue weighted by molar-refractivity contribution is -0.119. The highest BCUT2D eigenvalue weighted by Crippen LogP contribution is 2.20. The maximum Gasteiger partial charge on any atom is 0.217 e. The van der Waals surface area contributed by atoms with Crippen LogP contribution in [0.15, 0.2) is 24.3 Å². The molecule has 1 fully saturated rings. The van der Waals surface area contributed by atoms with Crippen LogP contribution in [0.1, 0.15) is 25.3 Å². The Morgan fingerprint density at radius 2 is 2.29 bits per heavy atom. The van der Waals surface area contributed by atoms with Crippen molar-refractivity contribution in [2.75, 3.05) is 18.0 Å². The summed E-state index contributed by atoms with van der Waals surface area (Å²) in [6, 6.07) is 8.84. The molecule has 2 rings (SSSR count). The molecule has 0 aliphatic carbocycles. The fourth-order valence-electron chi connectivity index (χ4n) is 2.44. The summed E-state index contributed by atoms with van der Waals surface area (Å²) in [5.74, 6) is 0.0705. The molecule has 1 heterocycles. The minimum atomic E-state index is 0.0705. The molecule has 1 saturated heterocycles. The van der Waals surface area contributed by atoms with Gasteiger partial charge in [0.1, 0.15) is 0 Å². The first-order valence-corrected chi connectivity index (χ1v) is 6.24. The number of rotatable bonds is 2. The second-order valence-corrected chi connectivity index (χ2v) is 4.82. The predicted molar refractivity (Wildman–Crippen MR) is 70.2 cm³/mol. The molecule has 1 aromatic carbocycles. The summed E-state index contributed by atoms with van der Waals surface area (Å²) in [7, 11) is 0. The second-order valence-electron chi connectivity index (χ2n) is 4.82. The minimum Gasteiger partial charge on any atom is -0.369 e. The number of nitrogens with one attached hydrogen (secondary N) is 1. The van der Waals surface area contributed by atoms with Gasteiger partial charge in [-0.25, -0.2) is 0 Å². The summed E-state index contributed by atoms with van der Waals surface area (Å²) in [5, 5.41) is 3.02. The molecule has 0 saturated carbocycles. The highest BCUT2D eigenvalue weighted by Gasteiger charge is 2.20. The molecule has 3 heteroatoms. The van der Waals surface area contributed by atoms with E-state index in [1.807, 2.05) is 0 Å². The van der Waals surface area contributed by atoms with Gasteiger partial charge in [0.05, 0.1) is 0 Å². The zero-order valence-electron chi connectivity index (χ0n) is 10.6.